The summed E-state index contributed by atoms with van der Waals surface area (Å²) in [6.07, 6.45) is 0.280. The van der Waals surface area contributed by atoms with Crippen molar-refractivity contribution in [2.24, 2.45) is 0 Å². The van der Waals surface area contributed by atoms with Gasteiger partial charge in [-0.2, -0.15) is 0 Å². The number of nitrogens with one attached hydrogen (secondary N) is 2. The Bertz CT molecular complexity index is 985. The summed E-state index contributed by atoms with van der Waals surface area (Å²) in [5.74, 6) is -0.125. The summed E-state index contributed by atoms with van der Waals surface area (Å²) >= 11 is 6.01. The number of morpholine rings is 1. The molecule has 0 aliphatic carbocycles. The molecule has 1 fully saturated rings. The standard InChI is InChI=1S/C22H24ClN3O2/c1-15-13-26(7-8-28-15)14-17-4-2-3-16(9-17)12-24-22(27)21-10-18-5-6-19(23)11-20(18)25-21/h2-6,9-11,15,25H,7-8,12-14H2,1H3,(H,24,27). The molecule has 1 unspecified atom stereocenters. The smallest absolute Gasteiger partial charge is 0.267 e. The average Bonchev–Trinajstić information content (AvgIpc) is 3.10. The Balaban J connectivity index is 1.38. The van der Waals surface area contributed by atoms with E-state index in [2.05, 4.69) is 34.3 Å². The minimum Gasteiger partial charge on any atom is -0.376 e. The van der Waals surface area contributed by atoms with Crippen molar-refractivity contribution in [3.8, 4) is 0 Å². The summed E-state index contributed by atoms with van der Waals surface area (Å²) in [5.41, 5.74) is 3.74. The first-order valence-corrected chi connectivity index (χ1v) is 9.93. The van der Waals surface area contributed by atoms with Gasteiger partial charge in [0.1, 0.15) is 5.69 Å². The Hall–Kier alpha value is -2.34. The molecule has 6 heteroatoms. The molecule has 1 amide bonds. The van der Waals surface area contributed by atoms with E-state index in [1.54, 1.807) is 0 Å². The molecule has 0 saturated carbocycles. The zero-order chi connectivity index (χ0) is 19.5. The van der Waals surface area contributed by atoms with Crippen LogP contribution in [0.2, 0.25) is 5.02 Å². The van der Waals surface area contributed by atoms with E-state index in [1.165, 1.54) is 5.56 Å². The molecule has 3 aromatic rings. The number of ether oxygens (including phenoxy) is 1. The van der Waals surface area contributed by atoms with Crippen molar-refractivity contribution in [1.29, 1.82) is 0 Å². The fraction of sp³-hybridized carbons (Fsp3) is 0.318. The number of fused-ring (bicyclic) bond motifs is 1. The van der Waals surface area contributed by atoms with E-state index in [-0.39, 0.29) is 12.0 Å². The number of aromatic amines is 1. The van der Waals surface area contributed by atoms with Crippen LogP contribution in [-0.4, -0.2) is 41.6 Å². The number of halogens is 1. The Morgan fingerprint density at radius 1 is 1.25 bits per heavy atom. The second-order valence-electron chi connectivity index (χ2n) is 7.33. The molecule has 1 aliphatic rings. The van der Waals surface area contributed by atoms with E-state index in [0.717, 1.165) is 42.7 Å². The molecule has 2 N–H and O–H groups in total. The summed E-state index contributed by atoms with van der Waals surface area (Å²) in [6, 6.07) is 15.8. The van der Waals surface area contributed by atoms with Gasteiger partial charge in [-0.15, -0.1) is 0 Å². The number of hydrogen-bond acceptors (Lipinski definition) is 3. The molecule has 5 nitrogen and oxygen atoms in total. The minimum absolute atomic E-state index is 0.125. The molecule has 0 spiro atoms. The van der Waals surface area contributed by atoms with Crippen LogP contribution in [0, 0.1) is 0 Å². The SMILES string of the molecule is CC1CN(Cc2cccc(CNC(=O)c3cc4ccc(Cl)cc4[nH]3)c2)CCO1. The summed E-state index contributed by atoms with van der Waals surface area (Å²) in [4.78, 5) is 18.0. The van der Waals surface area contributed by atoms with Gasteiger partial charge >= 0.3 is 0 Å². The zero-order valence-electron chi connectivity index (χ0n) is 15.9. The Kier molecular flexibility index (Phi) is 5.67. The van der Waals surface area contributed by atoms with Crippen LogP contribution in [0.4, 0.5) is 0 Å². The fourth-order valence-corrected chi connectivity index (χ4v) is 3.80. The number of nitrogens with zero attached hydrogens (tertiary/aromatic N) is 1. The van der Waals surface area contributed by atoms with Crippen molar-refractivity contribution in [3.05, 3.63) is 70.4 Å². The van der Waals surface area contributed by atoms with Crippen LogP contribution in [0.25, 0.3) is 10.9 Å². The van der Waals surface area contributed by atoms with Crippen LogP contribution in [0.1, 0.15) is 28.5 Å². The molecule has 146 valence electrons. The van der Waals surface area contributed by atoms with Gasteiger partial charge in [0, 0.05) is 42.1 Å². The van der Waals surface area contributed by atoms with Crippen LogP contribution in [0.3, 0.4) is 0 Å². The Morgan fingerprint density at radius 3 is 2.96 bits per heavy atom. The highest BCUT2D eigenvalue weighted by molar-refractivity contribution is 6.31. The highest BCUT2D eigenvalue weighted by atomic mass is 35.5. The number of carbonyl (C=O) groups excluding carboxylic acids is 1. The van der Waals surface area contributed by atoms with Gasteiger partial charge < -0.3 is 15.0 Å². The van der Waals surface area contributed by atoms with E-state index in [9.17, 15) is 4.79 Å². The third kappa shape index (κ3) is 4.55. The van der Waals surface area contributed by atoms with Crippen LogP contribution in [-0.2, 0) is 17.8 Å². The first-order valence-electron chi connectivity index (χ1n) is 9.55. The van der Waals surface area contributed by atoms with Crippen molar-refractivity contribution in [1.82, 2.24) is 15.2 Å². The number of carbonyl (C=O) groups is 1. The van der Waals surface area contributed by atoms with E-state index >= 15 is 0 Å². The molecule has 0 bridgehead atoms. The third-order valence-electron chi connectivity index (χ3n) is 5.00. The highest BCUT2D eigenvalue weighted by Gasteiger charge is 2.16. The van der Waals surface area contributed by atoms with Gasteiger partial charge in [0.2, 0.25) is 0 Å². The van der Waals surface area contributed by atoms with Crippen molar-refractivity contribution in [2.45, 2.75) is 26.1 Å². The molecule has 4 rings (SSSR count). The topological polar surface area (TPSA) is 57.4 Å². The van der Waals surface area contributed by atoms with Gasteiger partial charge in [0.05, 0.1) is 12.7 Å². The van der Waals surface area contributed by atoms with E-state index < -0.39 is 0 Å². The molecule has 0 radical (unpaired) electrons. The maximum atomic E-state index is 12.5. The van der Waals surface area contributed by atoms with Gasteiger partial charge in [0.25, 0.3) is 5.91 Å². The van der Waals surface area contributed by atoms with Gasteiger partial charge in [0.15, 0.2) is 0 Å². The van der Waals surface area contributed by atoms with Gasteiger partial charge in [-0.25, -0.2) is 0 Å². The lowest BCUT2D eigenvalue weighted by atomic mass is 10.1. The minimum atomic E-state index is -0.125. The second-order valence-corrected chi connectivity index (χ2v) is 7.77. The lowest BCUT2D eigenvalue weighted by Gasteiger charge is -2.31. The molecule has 2 heterocycles. The largest absolute Gasteiger partial charge is 0.376 e. The number of hydrogen-bond donors (Lipinski definition) is 2. The fourth-order valence-electron chi connectivity index (χ4n) is 3.63. The Labute approximate surface area is 169 Å². The molecule has 1 aliphatic heterocycles. The van der Waals surface area contributed by atoms with Gasteiger partial charge in [-0.05, 0) is 36.2 Å². The summed E-state index contributed by atoms with van der Waals surface area (Å²) < 4.78 is 5.61. The van der Waals surface area contributed by atoms with Crippen molar-refractivity contribution in [2.75, 3.05) is 19.7 Å². The van der Waals surface area contributed by atoms with Crippen LogP contribution in [0.5, 0.6) is 0 Å². The van der Waals surface area contributed by atoms with Gasteiger partial charge in [-0.3, -0.25) is 9.69 Å². The number of amides is 1. The molecule has 2 aromatic carbocycles. The second kappa shape index (κ2) is 8.35. The van der Waals surface area contributed by atoms with Crippen molar-refractivity contribution in [3.63, 3.8) is 0 Å². The van der Waals surface area contributed by atoms with Crippen molar-refractivity contribution < 1.29 is 9.53 Å². The van der Waals surface area contributed by atoms with Gasteiger partial charge in [-0.1, -0.05) is 41.9 Å². The van der Waals surface area contributed by atoms with E-state index in [1.807, 2.05) is 36.4 Å². The number of aromatic nitrogens is 1. The molecule has 1 atom stereocenters. The molecule has 1 aromatic heterocycles. The summed E-state index contributed by atoms with van der Waals surface area (Å²) in [7, 11) is 0. The van der Waals surface area contributed by atoms with E-state index in [4.69, 9.17) is 16.3 Å². The zero-order valence-corrected chi connectivity index (χ0v) is 16.6. The van der Waals surface area contributed by atoms with Crippen molar-refractivity contribution >= 4 is 28.4 Å². The quantitative estimate of drug-likeness (QED) is 0.684. The molecular formula is C22H24ClN3O2. The number of benzene rings is 2. The first kappa shape index (κ1) is 19.0. The molecule has 28 heavy (non-hydrogen) atoms. The molecule has 1 saturated heterocycles. The summed E-state index contributed by atoms with van der Waals surface area (Å²) in [5, 5.41) is 4.61. The maximum absolute atomic E-state index is 12.5. The third-order valence-corrected chi connectivity index (χ3v) is 5.24. The normalized spacial score (nSPS) is 17.7. The molecular weight excluding hydrogens is 374 g/mol. The lowest BCUT2D eigenvalue weighted by molar-refractivity contribution is -0.0212. The Morgan fingerprint density at radius 2 is 2.11 bits per heavy atom. The monoisotopic (exact) mass is 397 g/mol. The first-order chi connectivity index (χ1) is 13.6. The predicted molar refractivity (Wildman–Crippen MR) is 112 cm³/mol. The number of rotatable bonds is 5. The summed E-state index contributed by atoms with van der Waals surface area (Å²) in [6.45, 7) is 6.18. The lowest BCUT2D eigenvalue weighted by Crippen LogP contribution is -2.40. The van der Waals surface area contributed by atoms with Crippen LogP contribution in [0.15, 0.2) is 48.5 Å². The average molecular weight is 398 g/mol. The highest BCUT2D eigenvalue weighted by Crippen LogP contribution is 2.20. The van der Waals surface area contributed by atoms with Crippen LogP contribution >= 0.6 is 11.6 Å². The maximum Gasteiger partial charge on any atom is 0.267 e. The van der Waals surface area contributed by atoms with E-state index in [0.29, 0.717) is 17.3 Å². The predicted octanol–water partition coefficient (Wildman–Crippen LogP) is 3.97. The van der Waals surface area contributed by atoms with Crippen LogP contribution < -0.4 is 5.32 Å². The number of H-pyrrole nitrogens is 1.